The van der Waals surface area contributed by atoms with E-state index in [0.29, 0.717) is 22.3 Å². The normalized spacial score (nSPS) is 13.4. The van der Waals surface area contributed by atoms with Crippen molar-refractivity contribution in [3.8, 4) is 0 Å². The monoisotopic (exact) mass is 391 g/mol. The van der Waals surface area contributed by atoms with Crippen LogP contribution in [0.4, 0.5) is 10.1 Å². The van der Waals surface area contributed by atoms with E-state index in [9.17, 15) is 14.0 Å². The molecule has 1 aliphatic heterocycles. The summed E-state index contributed by atoms with van der Waals surface area (Å²) in [4.78, 5) is 25.9. The van der Waals surface area contributed by atoms with E-state index in [-0.39, 0.29) is 11.5 Å². The van der Waals surface area contributed by atoms with Crippen molar-refractivity contribution in [1.29, 1.82) is 0 Å². The number of aryl methyl sites for hydroxylation is 1. The van der Waals surface area contributed by atoms with Crippen LogP contribution in [0.15, 0.2) is 40.9 Å². The highest BCUT2D eigenvalue weighted by Crippen LogP contribution is 2.33. The summed E-state index contributed by atoms with van der Waals surface area (Å²) < 4.78 is 19.8. The first-order valence-electron chi connectivity index (χ1n) is 7.49. The molecule has 0 bridgehead atoms. The Morgan fingerprint density at radius 1 is 1.21 bits per heavy atom. The number of methoxy groups -OCH3 is 1. The summed E-state index contributed by atoms with van der Waals surface area (Å²) in [5.41, 5.74) is 1.73. The molecule has 1 amide bonds. The van der Waals surface area contributed by atoms with Gasteiger partial charge in [-0.2, -0.15) is 0 Å². The molecule has 4 nitrogen and oxygen atoms in total. The number of hydrogen-bond donors (Lipinski definition) is 0. The third-order valence-corrected chi connectivity index (χ3v) is 4.44. The second-order valence-corrected chi connectivity index (χ2v) is 6.44. The lowest BCUT2D eigenvalue weighted by Gasteiger charge is -2.30. The lowest BCUT2D eigenvalue weighted by Crippen LogP contribution is -2.36. The molecule has 2 aromatic rings. The molecule has 3 rings (SSSR count). The van der Waals surface area contributed by atoms with Crippen molar-refractivity contribution in [3.05, 3.63) is 63.4 Å². The fraction of sp³-hybridized carbons (Fsp3) is 0.222. The van der Waals surface area contributed by atoms with Gasteiger partial charge < -0.3 is 9.64 Å². The lowest BCUT2D eigenvalue weighted by molar-refractivity contribution is 0.0600. The van der Waals surface area contributed by atoms with E-state index in [1.165, 1.54) is 24.1 Å². The molecule has 2 aromatic carbocycles. The summed E-state index contributed by atoms with van der Waals surface area (Å²) in [5.74, 6) is -1.28. The van der Waals surface area contributed by atoms with Crippen LogP contribution in [-0.2, 0) is 11.2 Å². The van der Waals surface area contributed by atoms with Gasteiger partial charge in [0.1, 0.15) is 5.82 Å². The van der Waals surface area contributed by atoms with E-state index >= 15 is 0 Å². The first kappa shape index (κ1) is 16.6. The molecule has 0 fully saturated rings. The number of ether oxygens (including phenoxy) is 1. The number of carbonyl (C=O) groups is 2. The van der Waals surface area contributed by atoms with E-state index in [4.69, 9.17) is 0 Å². The van der Waals surface area contributed by atoms with Crippen molar-refractivity contribution in [3.63, 3.8) is 0 Å². The Morgan fingerprint density at radius 2 is 1.96 bits per heavy atom. The number of esters is 1. The number of anilines is 1. The minimum atomic E-state index is -0.515. The Hall–Kier alpha value is -2.21. The third kappa shape index (κ3) is 3.06. The number of benzene rings is 2. The Morgan fingerprint density at radius 3 is 2.71 bits per heavy atom. The van der Waals surface area contributed by atoms with Crippen LogP contribution in [0.5, 0.6) is 0 Å². The molecule has 0 aliphatic carbocycles. The van der Waals surface area contributed by atoms with Gasteiger partial charge in [-0.15, -0.1) is 0 Å². The SMILES string of the molecule is COC(=O)c1cccc(C(=O)N2CCCc3cc(Br)cc(F)c32)c1. The lowest BCUT2D eigenvalue weighted by atomic mass is 10.00. The van der Waals surface area contributed by atoms with Gasteiger partial charge in [0.15, 0.2) is 0 Å². The maximum absolute atomic E-state index is 14.4. The second kappa shape index (κ2) is 6.73. The van der Waals surface area contributed by atoms with Crippen LogP contribution in [0.1, 0.15) is 32.7 Å². The number of rotatable bonds is 2. The summed E-state index contributed by atoms with van der Waals surface area (Å²) >= 11 is 3.28. The number of carbonyl (C=O) groups excluding carboxylic acids is 2. The van der Waals surface area contributed by atoms with Gasteiger partial charge in [0, 0.05) is 16.6 Å². The van der Waals surface area contributed by atoms with Gasteiger partial charge >= 0.3 is 5.97 Å². The molecule has 6 heteroatoms. The van der Waals surface area contributed by atoms with Crippen LogP contribution in [0, 0.1) is 5.82 Å². The molecule has 124 valence electrons. The van der Waals surface area contributed by atoms with Crippen molar-refractivity contribution >= 4 is 33.5 Å². The van der Waals surface area contributed by atoms with Gasteiger partial charge in [-0.05, 0) is 48.7 Å². The Balaban J connectivity index is 2.00. The van der Waals surface area contributed by atoms with Crippen LogP contribution < -0.4 is 4.90 Å². The molecule has 0 saturated heterocycles. The first-order chi connectivity index (χ1) is 11.5. The molecule has 24 heavy (non-hydrogen) atoms. The van der Waals surface area contributed by atoms with Gasteiger partial charge in [0.05, 0.1) is 18.4 Å². The maximum Gasteiger partial charge on any atom is 0.337 e. The zero-order chi connectivity index (χ0) is 17.3. The number of hydrogen-bond acceptors (Lipinski definition) is 3. The average molecular weight is 392 g/mol. The molecular weight excluding hydrogens is 377 g/mol. The van der Waals surface area contributed by atoms with E-state index in [1.807, 2.05) is 6.07 Å². The molecule has 0 unspecified atom stereocenters. The summed E-state index contributed by atoms with van der Waals surface area (Å²) in [6.45, 7) is 0.437. The molecule has 0 N–H and O–H groups in total. The van der Waals surface area contributed by atoms with Crippen LogP contribution in [0.3, 0.4) is 0 Å². The summed E-state index contributed by atoms with van der Waals surface area (Å²) in [6.07, 6.45) is 1.48. The molecule has 0 aromatic heterocycles. The Labute approximate surface area is 147 Å². The van der Waals surface area contributed by atoms with E-state index in [0.717, 1.165) is 18.4 Å². The molecule has 0 saturated carbocycles. The van der Waals surface area contributed by atoms with Gasteiger partial charge in [-0.1, -0.05) is 22.0 Å². The fourth-order valence-electron chi connectivity index (χ4n) is 2.91. The van der Waals surface area contributed by atoms with Crippen LogP contribution in [0.25, 0.3) is 0 Å². The van der Waals surface area contributed by atoms with Crippen LogP contribution >= 0.6 is 15.9 Å². The maximum atomic E-state index is 14.4. The van der Waals surface area contributed by atoms with Gasteiger partial charge in [-0.3, -0.25) is 4.79 Å². The highest BCUT2D eigenvalue weighted by atomic mass is 79.9. The van der Waals surface area contributed by atoms with E-state index < -0.39 is 11.8 Å². The summed E-state index contributed by atoms with van der Waals surface area (Å²) in [5, 5.41) is 0. The molecule has 0 radical (unpaired) electrons. The number of amides is 1. The zero-order valence-corrected chi connectivity index (χ0v) is 14.6. The molecular formula is C18H15BrFNO3. The fourth-order valence-corrected chi connectivity index (χ4v) is 3.38. The predicted octanol–water partition coefficient (Wildman–Crippen LogP) is 3.97. The summed E-state index contributed by atoms with van der Waals surface area (Å²) in [6, 6.07) is 9.46. The topological polar surface area (TPSA) is 46.6 Å². The van der Waals surface area contributed by atoms with Crippen LogP contribution in [-0.4, -0.2) is 25.5 Å². The smallest absolute Gasteiger partial charge is 0.337 e. The van der Waals surface area contributed by atoms with Gasteiger partial charge in [0.25, 0.3) is 5.91 Å². The average Bonchev–Trinajstić information content (AvgIpc) is 2.59. The first-order valence-corrected chi connectivity index (χ1v) is 8.28. The zero-order valence-electron chi connectivity index (χ0n) is 13.0. The van der Waals surface area contributed by atoms with Gasteiger partial charge in [0.2, 0.25) is 0 Å². The highest BCUT2D eigenvalue weighted by Gasteiger charge is 2.27. The number of fused-ring (bicyclic) bond motifs is 1. The van der Waals surface area contributed by atoms with Crippen molar-refractivity contribution in [1.82, 2.24) is 0 Å². The second-order valence-electron chi connectivity index (χ2n) is 5.53. The van der Waals surface area contributed by atoms with Crippen molar-refractivity contribution in [2.45, 2.75) is 12.8 Å². The minimum absolute atomic E-state index is 0.289. The molecule has 0 atom stereocenters. The highest BCUT2D eigenvalue weighted by molar-refractivity contribution is 9.10. The predicted molar refractivity (Wildman–Crippen MR) is 91.9 cm³/mol. The molecule has 1 aliphatic rings. The van der Waals surface area contributed by atoms with Crippen molar-refractivity contribution in [2.24, 2.45) is 0 Å². The molecule has 1 heterocycles. The largest absolute Gasteiger partial charge is 0.465 e. The standard InChI is InChI=1S/C18H15BrFNO3/c1-24-18(23)13-5-2-4-12(8-13)17(22)21-7-3-6-11-9-14(19)10-15(20)16(11)21/h2,4-5,8-10H,3,6-7H2,1H3. The quantitative estimate of drug-likeness (QED) is 0.727. The Kier molecular flexibility index (Phi) is 4.66. The minimum Gasteiger partial charge on any atom is -0.465 e. The summed E-state index contributed by atoms with van der Waals surface area (Å²) in [7, 11) is 1.28. The van der Waals surface area contributed by atoms with Gasteiger partial charge in [-0.25, -0.2) is 9.18 Å². The van der Waals surface area contributed by atoms with Crippen LogP contribution in [0.2, 0.25) is 0 Å². The number of nitrogens with zero attached hydrogens (tertiary/aromatic N) is 1. The van der Waals surface area contributed by atoms with E-state index in [1.54, 1.807) is 18.2 Å². The Bertz CT molecular complexity index is 822. The third-order valence-electron chi connectivity index (χ3n) is 3.98. The van der Waals surface area contributed by atoms with E-state index in [2.05, 4.69) is 20.7 Å². The molecule has 0 spiro atoms. The number of halogens is 2. The van der Waals surface area contributed by atoms with Crippen molar-refractivity contribution < 1.29 is 18.7 Å². The van der Waals surface area contributed by atoms with Crippen molar-refractivity contribution in [2.75, 3.05) is 18.6 Å².